The molecule has 3 N–H and O–H groups in total. The first-order valence-corrected chi connectivity index (χ1v) is 8.13. The molecule has 1 aromatic rings. The van der Waals surface area contributed by atoms with Crippen molar-refractivity contribution in [2.75, 3.05) is 0 Å². The van der Waals surface area contributed by atoms with Crippen LogP contribution in [0.4, 0.5) is 5.69 Å². The molecule has 2 amide bonds. The maximum Gasteiger partial charge on any atom is 0.326 e. The number of carbonyl (C=O) groups is 3. The van der Waals surface area contributed by atoms with Crippen molar-refractivity contribution in [3.63, 3.8) is 0 Å². The summed E-state index contributed by atoms with van der Waals surface area (Å²) in [5.41, 5.74) is 0.426. The Hall–Kier alpha value is -2.97. The van der Waals surface area contributed by atoms with Crippen LogP contribution in [0.5, 0.6) is 0 Å². The van der Waals surface area contributed by atoms with Crippen molar-refractivity contribution in [2.24, 2.45) is 5.92 Å². The fourth-order valence-corrected chi connectivity index (χ4v) is 2.41. The van der Waals surface area contributed by atoms with Crippen LogP contribution in [0.15, 0.2) is 24.3 Å². The summed E-state index contributed by atoms with van der Waals surface area (Å²) < 4.78 is 0. The van der Waals surface area contributed by atoms with Gasteiger partial charge in [-0.1, -0.05) is 26.0 Å². The van der Waals surface area contributed by atoms with Crippen molar-refractivity contribution < 1.29 is 24.4 Å². The normalized spacial score (nSPS) is 12.9. The summed E-state index contributed by atoms with van der Waals surface area (Å²) in [5.74, 6) is -2.07. The fourth-order valence-electron chi connectivity index (χ4n) is 2.41. The molecule has 9 heteroatoms. The zero-order chi connectivity index (χ0) is 19.9. The third kappa shape index (κ3) is 6.88. The second-order valence-corrected chi connectivity index (χ2v) is 6.41. The smallest absolute Gasteiger partial charge is 0.326 e. The number of rotatable bonds is 9. The SMILES string of the molecule is CC(=O)N[C@@H](CC(C)C)C(=O)N[C@@H](Cc1ccc([N+](=O)[O-])cc1)C(=O)O. The lowest BCUT2D eigenvalue weighted by Crippen LogP contribution is -2.52. The minimum atomic E-state index is -1.23. The summed E-state index contributed by atoms with van der Waals surface area (Å²) in [7, 11) is 0. The topological polar surface area (TPSA) is 139 Å². The number of carbonyl (C=O) groups excluding carboxylic acids is 2. The van der Waals surface area contributed by atoms with Crippen LogP contribution in [0.2, 0.25) is 0 Å². The van der Waals surface area contributed by atoms with E-state index in [0.29, 0.717) is 12.0 Å². The number of nitrogens with one attached hydrogen (secondary N) is 2. The molecule has 0 spiro atoms. The molecule has 0 radical (unpaired) electrons. The van der Waals surface area contributed by atoms with E-state index in [2.05, 4.69) is 10.6 Å². The molecule has 9 nitrogen and oxygen atoms in total. The quantitative estimate of drug-likeness (QED) is 0.445. The van der Waals surface area contributed by atoms with Crippen LogP contribution in [-0.4, -0.2) is 39.9 Å². The van der Waals surface area contributed by atoms with Gasteiger partial charge in [-0.3, -0.25) is 19.7 Å². The predicted molar refractivity (Wildman–Crippen MR) is 93.4 cm³/mol. The number of carboxylic acids is 1. The van der Waals surface area contributed by atoms with Gasteiger partial charge in [0.25, 0.3) is 5.69 Å². The number of hydrogen-bond donors (Lipinski definition) is 3. The van der Waals surface area contributed by atoms with Gasteiger partial charge in [0.05, 0.1) is 4.92 Å². The Kier molecular flexibility index (Phi) is 7.70. The van der Waals surface area contributed by atoms with E-state index in [1.165, 1.54) is 31.2 Å². The predicted octanol–water partition coefficient (Wildman–Crippen LogP) is 1.26. The van der Waals surface area contributed by atoms with Gasteiger partial charge in [-0.05, 0) is 17.9 Å². The Morgan fingerprint density at radius 2 is 1.69 bits per heavy atom. The second-order valence-electron chi connectivity index (χ2n) is 6.41. The Labute approximate surface area is 150 Å². The van der Waals surface area contributed by atoms with Gasteiger partial charge in [-0.15, -0.1) is 0 Å². The molecule has 2 atom stereocenters. The number of carboxylic acid groups (broad SMARTS) is 1. The third-order valence-corrected chi connectivity index (χ3v) is 3.60. The first kappa shape index (κ1) is 21.1. The molecule has 26 heavy (non-hydrogen) atoms. The standard InChI is InChI=1S/C17H23N3O6/c1-10(2)8-14(18-11(3)21)16(22)19-15(17(23)24)9-12-4-6-13(7-5-12)20(25)26/h4-7,10,14-15H,8-9H2,1-3H3,(H,18,21)(H,19,22)(H,23,24)/t14-,15-/m0/s1. The Bertz CT molecular complexity index is 672. The summed E-state index contributed by atoms with van der Waals surface area (Å²) in [6.07, 6.45) is 0.336. The molecular formula is C17H23N3O6. The van der Waals surface area contributed by atoms with E-state index >= 15 is 0 Å². The zero-order valence-electron chi connectivity index (χ0n) is 14.9. The van der Waals surface area contributed by atoms with E-state index in [9.17, 15) is 29.6 Å². The van der Waals surface area contributed by atoms with Crippen molar-refractivity contribution in [2.45, 2.75) is 45.7 Å². The van der Waals surface area contributed by atoms with Crippen LogP contribution in [0, 0.1) is 16.0 Å². The van der Waals surface area contributed by atoms with Crippen LogP contribution >= 0.6 is 0 Å². The lowest BCUT2D eigenvalue weighted by Gasteiger charge is -2.22. The van der Waals surface area contributed by atoms with Gasteiger partial charge in [-0.25, -0.2) is 4.79 Å². The molecule has 0 aliphatic rings. The molecule has 0 aromatic heterocycles. The maximum absolute atomic E-state index is 12.4. The van der Waals surface area contributed by atoms with Gasteiger partial charge < -0.3 is 15.7 Å². The van der Waals surface area contributed by atoms with Crippen LogP contribution in [0.25, 0.3) is 0 Å². The highest BCUT2D eigenvalue weighted by atomic mass is 16.6. The number of non-ortho nitro benzene ring substituents is 1. The Morgan fingerprint density at radius 3 is 2.12 bits per heavy atom. The molecule has 0 aliphatic carbocycles. The fraction of sp³-hybridized carbons (Fsp3) is 0.471. The molecule has 0 heterocycles. The van der Waals surface area contributed by atoms with E-state index in [4.69, 9.17) is 0 Å². The van der Waals surface area contributed by atoms with Crippen molar-refractivity contribution in [1.82, 2.24) is 10.6 Å². The molecular weight excluding hydrogens is 342 g/mol. The molecule has 1 rings (SSSR count). The van der Waals surface area contributed by atoms with E-state index < -0.39 is 28.9 Å². The minimum Gasteiger partial charge on any atom is -0.480 e. The molecule has 0 saturated heterocycles. The monoisotopic (exact) mass is 365 g/mol. The number of benzene rings is 1. The van der Waals surface area contributed by atoms with Gasteiger partial charge in [0.2, 0.25) is 11.8 Å². The summed E-state index contributed by atoms with van der Waals surface area (Å²) in [4.78, 5) is 45.2. The first-order chi connectivity index (χ1) is 12.1. The molecule has 0 fully saturated rings. The zero-order valence-corrected chi connectivity index (χ0v) is 14.9. The van der Waals surface area contributed by atoms with Gasteiger partial charge in [0.1, 0.15) is 12.1 Å². The Balaban J connectivity index is 2.85. The summed E-state index contributed by atoms with van der Waals surface area (Å²) >= 11 is 0. The maximum atomic E-state index is 12.4. The highest BCUT2D eigenvalue weighted by Gasteiger charge is 2.26. The van der Waals surface area contributed by atoms with Crippen molar-refractivity contribution >= 4 is 23.5 Å². The van der Waals surface area contributed by atoms with Crippen LogP contribution in [0.1, 0.15) is 32.8 Å². The highest BCUT2D eigenvalue weighted by molar-refractivity contribution is 5.90. The van der Waals surface area contributed by atoms with Crippen LogP contribution in [-0.2, 0) is 20.8 Å². The number of amides is 2. The summed E-state index contributed by atoms with van der Waals surface area (Å²) in [5, 5.41) is 25.0. The van der Waals surface area contributed by atoms with Gasteiger partial charge >= 0.3 is 5.97 Å². The van der Waals surface area contributed by atoms with Gasteiger partial charge in [-0.2, -0.15) is 0 Å². The minimum absolute atomic E-state index is 0.0342. The Morgan fingerprint density at radius 1 is 1.12 bits per heavy atom. The third-order valence-electron chi connectivity index (χ3n) is 3.60. The molecule has 142 valence electrons. The summed E-state index contributed by atoms with van der Waals surface area (Å²) in [6, 6.07) is 3.39. The number of nitro groups is 1. The van der Waals surface area contributed by atoms with Gasteiger partial charge in [0, 0.05) is 25.5 Å². The molecule has 0 aliphatic heterocycles. The lowest BCUT2D eigenvalue weighted by atomic mass is 10.0. The largest absolute Gasteiger partial charge is 0.480 e. The molecule has 0 saturated carbocycles. The molecule has 1 aromatic carbocycles. The van der Waals surface area contributed by atoms with Gasteiger partial charge in [0.15, 0.2) is 0 Å². The number of aliphatic carboxylic acids is 1. The van der Waals surface area contributed by atoms with E-state index in [-0.39, 0.29) is 23.9 Å². The van der Waals surface area contributed by atoms with Crippen LogP contribution < -0.4 is 10.6 Å². The second kappa shape index (κ2) is 9.50. The van der Waals surface area contributed by atoms with Crippen molar-refractivity contribution in [3.8, 4) is 0 Å². The van der Waals surface area contributed by atoms with Crippen LogP contribution in [0.3, 0.4) is 0 Å². The first-order valence-electron chi connectivity index (χ1n) is 8.13. The molecule has 0 unspecified atom stereocenters. The number of hydrogen-bond acceptors (Lipinski definition) is 5. The van der Waals surface area contributed by atoms with E-state index in [1.54, 1.807) is 0 Å². The highest BCUT2D eigenvalue weighted by Crippen LogP contribution is 2.14. The number of nitrogens with zero attached hydrogens (tertiary/aromatic N) is 1. The molecule has 0 bridgehead atoms. The van der Waals surface area contributed by atoms with E-state index in [0.717, 1.165) is 0 Å². The summed E-state index contributed by atoms with van der Waals surface area (Å²) in [6.45, 7) is 5.05. The van der Waals surface area contributed by atoms with E-state index in [1.807, 2.05) is 13.8 Å². The number of nitro benzene ring substituents is 1. The van der Waals surface area contributed by atoms with Crippen molar-refractivity contribution in [3.05, 3.63) is 39.9 Å². The van der Waals surface area contributed by atoms with Crippen molar-refractivity contribution in [1.29, 1.82) is 0 Å². The average molecular weight is 365 g/mol. The lowest BCUT2D eigenvalue weighted by molar-refractivity contribution is -0.384. The average Bonchev–Trinajstić information content (AvgIpc) is 2.53.